The Hall–Kier alpha value is -4.89. The summed E-state index contributed by atoms with van der Waals surface area (Å²) < 4.78 is 20.5. The summed E-state index contributed by atoms with van der Waals surface area (Å²) in [5.74, 6) is -3.07. The molecule has 1 aromatic heterocycles. The number of rotatable bonds is 6. The summed E-state index contributed by atoms with van der Waals surface area (Å²) in [5.41, 5.74) is 1.24. The van der Waals surface area contributed by atoms with Gasteiger partial charge in [-0.15, -0.1) is 11.3 Å². The summed E-state index contributed by atoms with van der Waals surface area (Å²) in [6, 6.07) is 10.4. The minimum absolute atomic E-state index is 0.00351. The van der Waals surface area contributed by atoms with Crippen LogP contribution in [0.25, 0.3) is 0 Å². The first kappa shape index (κ1) is 38.9. The van der Waals surface area contributed by atoms with E-state index in [1.807, 2.05) is 30.3 Å². The topological polar surface area (TPSA) is 162 Å². The maximum Gasteiger partial charge on any atom is 0.271 e. The van der Waals surface area contributed by atoms with Crippen molar-refractivity contribution in [1.82, 2.24) is 36.1 Å². The summed E-state index contributed by atoms with van der Waals surface area (Å²) in [7, 11) is 3.01. The predicted octanol–water partition coefficient (Wildman–Crippen LogP) is 2.43. The number of hydrogen-bond acceptors (Lipinski definition) is 9. The van der Waals surface area contributed by atoms with Crippen LogP contribution in [0.4, 0.5) is 4.39 Å². The highest BCUT2D eigenvalue weighted by atomic mass is 32.1. The third kappa shape index (κ3) is 10.6. The van der Waals surface area contributed by atoms with Crippen LogP contribution in [0.1, 0.15) is 60.4 Å². The van der Waals surface area contributed by atoms with Gasteiger partial charge < -0.3 is 30.9 Å². The number of methoxy groups -OCH3 is 1. The number of likely N-dealkylation sites (N-methyl/N-ethyl adjacent to an activating group) is 1. The summed E-state index contributed by atoms with van der Waals surface area (Å²) in [6.45, 7) is 6.68. The molecular weight excluding hydrogens is 678 g/mol. The summed E-state index contributed by atoms with van der Waals surface area (Å²) in [4.78, 5) is 74.5. The monoisotopic (exact) mass is 723 g/mol. The molecule has 0 saturated carbocycles. The van der Waals surface area contributed by atoms with Crippen LogP contribution in [0, 0.1) is 11.7 Å². The van der Waals surface area contributed by atoms with Crippen molar-refractivity contribution in [3.05, 3.63) is 81.6 Å². The van der Waals surface area contributed by atoms with Crippen molar-refractivity contribution in [1.29, 1.82) is 0 Å². The van der Waals surface area contributed by atoms with Gasteiger partial charge in [0.05, 0.1) is 19.7 Å². The van der Waals surface area contributed by atoms with Crippen molar-refractivity contribution in [2.75, 3.05) is 33.8 Å². The number of nitrogens with zero attached hydrogens (tertiary/aromatic N) is 3. The molecule has 13 nitrogen and oxygen atoms in total. The Labute approximate surface area is 301 Å². The Morgan fingerprint density at radius 2 is 1.65 bits per heavy atom. The number of carbonyl (C=O) groups excluding carboxylic acids is 5. The number of carbonyl (C=O) groups is 5. The van der Waals surface area contributed by atoms with Crippen molar-refractivity contribution in [3.8, 4) is 5.75 Å². The molecule has 15 heteroatoms. The van der Waals surface area contributed by atoms with E-state index in [-0.39, 0.29) is 43.4 Å². The lowest BCUT2D eigenvalue weighted by molar-refractivity contribution is -0.136. The second-order valence-corrected chi connectivity index (χ2v) is 13.8. The fraction of sp³-hybridized carbons (Fsp3) is 0.444. The Bertz CT molecular complexity index is 1700. The first-order valence-corrected chi connectivity index (χ1v) is 17.6. The zero-order valence-corrected chi connectivity index (χ0v) is 30.5. The number of ether oxygens (including phenoxy) is 1. The molecule has 1 aliphatic rings. The summed E-state index contributed by atoms with van der Waals surface area (Å²) in [5, 5.41) is 13.1. The molecule has 5 amide bonds. The van der Waals surface area contributed by atoms with Crippen LogP contribution in [0.5, 0.6) is 5.75 Å². The number of nitrogens with one attached hydrogen (secondary N) is 4. The molecule has 2 heterocycles. The molecule has 4 N–H and O–H groups in total. The highest BCUT2D eigenvalue weighted by molar-refractivity contribution is 7.09. The maximum absolute atomic E-state index is 15.1. The van der Waals surface area contributed by atoms with Crippen LogP contribution in [0.3, 0.4) is 0 Å². The van der Waals surface area contributed by atoms with Gasteiger partial charge in [0.15, 0.2) is 0 Å². The van der Waals surface area contributed by atoms with Gasteiger partial charge in [0.25, 0.3) is 5.91 Å². The van der Waals surface area contributed by atoms with Gasteiger partial charge in [-0.05, 0) is 43.9 Å². The second kappa shape index (κ2) is 17.9. The van der Waals surface area contributed by atoms with Crippen LogP contribution in [-0.4, -0.2) is 96.2 Å². The molecule has 0 fully saturated rings. The average molecular weight is 724 g/mol. The number of thiazole rings is 1. The minimum atomic E-state index is -1.02. The number of hydrogen-bond donors (Lipinski definition) is 4. The lowest BCUT2D eigenvalue weighted by atomic mass is 10.0. The quantitative estimate of drug-likeness (QED) is 0.302. The van der Waals surface area contributed by atoms with Gasteiger partial charge in [0.2, 0.25) is 23.6 Å². The lowest BCUT2D eigenvalue weighted by Gasteiger charge is -2.29. The minimum Gasteiger partial charge on any atom is -0.496 e. The van der Waals surface area contributed by atoms with Gasteiger partial charge in [-0.3, -0.25) is 28.9 Å². The SMILES string of the molecule is COc1cccc(F)c1CN1CCN(C)C(=O)[C@@H](C)NC(=O)[C@H](C(C)C)NC(=O)[C@H](C)NC(=O)c2csc(n2)[C@H](Cc2ccccc2)NC(=O)C1. The molecule has 0 radical (unpaired) electrons. The number of benzene rings is 2. The molecule has 3 aromatic rings. The number of halogens is 1. The van der Waals surface area contributed by atoms with Crippen molar-refractivity contribution >= 4 is 40.9 Å². The van der Waals surface area contributed by atoms with Crippen LogP contribution < -0.4 is 26.0 Å². The maximum atomic E-state index is 15.1. The Morgan fingerprint density at radius 1 is 0.922 bits per heavy atom. The smallest absolute Gasteiger partial charge is 0.271 e. The van der Waals surface area contributed by atoms with E-state index >= 15 is 4.39 Å². The van der Waals surface area contributed by atoms with Crippen molar-refractivity contribution in [2.24, 2.45) is 5.92 Å². The largest absolute Gasteiger partial charge is 0.496 e. The Balaban J connectivity index is 1.69. The molecule has 2 aromatic carbocycles. The fourth-order valence-corrected chi connectivity index (χ4v) is 6.46. The van der Waals surface area contributed by atoms with E-state index < -0.39 is 59.5 Å². The fourth-order valence-electron chi connectivity index (χ4n) is 5.61. The number of fused-ring (bicyclic) bond motifs is 2. The van der Waals surface area contributed by atoms with Gasteiger partial charge in [0.1, 0.15) is 40.4 Å². The molecule has 0 saturated heterocycles. The highest BCUT2D eigenvalue weighted by Crippen LogP contribution is 2.25. The van der Waals surface area contributed by atoms with E-state index in [1.165, 1.54) is 42.4 Å². The second-order valence-electron chi connectivity index (χ2n) is 12.9. The normalized spacial score (nSPS) is 22.0. The van der Waals surface area contributed by atoms with Crippen molar-refractivity contribution < 1.29 is 33.1 Å². The third-order valence-corrected chi connectivity index (χ3v) is 9.52. The molecule has 1 aliphatic heterocycles. The molecule has 0 aliphatic carbocycles. The van der Waals surface area contributed by atoms with Crippen LogP contribution in [-0.2, 0) is 32.1 Å². The Morgan fingerprint density at radius 3 is 2.33 bits per heavy atom. The molecule has 4 atom stereocenters. The van der Waals surface area contributed by atoms with Gasteiger partial charge >= 0.3 is 0 Å². The van der Waals surface area contributed by atoms with Crippen molar-refractivity contribution in [2.45, 2.75) is 64.8 Å². The third-order valence-electron chi connectivity index (χ3n) is 8.56. The number of amides is 5. The molecule has 2 bridgehead atoms. The van der Waals surface area contributed by atoms with E-state index in [0.29, 0.717) is 17.2 Å². The van der Waals surface area contributed by atoms with Crippen LogP contribution >= 0.6 is 11.3 Å². The predicted molar refractivity (Wildman–Crippen MR) is 190 cm³/mol. The molecular formula is C36H46FN7O6S. The van der Waals surface area contributed by atoms with E-state index in [4.69, 9.17) is 4.74 Å². The molecule has 274 valence electrons. The summed E-state index contributed by atoms with van der Waals surface area (Å²) >= 11 is 1.19. The van der Waals surface area contributed by atoms with Gasteiger partial charge in [0, 0.05) is 37.6 Å². The van der Waals surface area contributed by atoms with Crippen LogP contribution in [0.15, 0.2) is 53.9 Å². The Kier molecular flexibility index (Phi) is 13.6. The first-order chi connectivity index (χ1) is 24.3. The zero-order chi connectivity index (χ0) is 37.2. The van der Waals surface area contributed by atoms with Gasteiger partial charge in [-0.1, -0.05) is 50.2 Å². The van der Waals surface area contributed by atoms with E-state index in [9.17, 15) is 24.0 Å². The summed E-state index contributed by atoms with van der Waals surface area (Å²) in [6.07, 6.45) is 0.369. The molecule has 0 spiro atoms. The highest BCUT2D eigenvalue weighted by Gasteiger charge is 2.31. The van der Waals surface area contributed by atoms with Crippen molar-refractivity contribution in [3.63, 3.8) is 0 Å². The number of aromatic nitrogens is 1. The van der Waals surface area contributed by atoms with Crippen LogP contribution in [0.2, 0.25) is 0 Å². The van der Waals surface area contributed by atoms with Gasteiger partial charge in [-0.2, -0.15) is 0 Å². The standard InChI is InChI=1S/C36H46FN7O6S/c1-21(2)31-34(48)39-23(4)36(49)43(5)15-16-44(18-25-26(37)13-10-14-29(25)50-6)19-30(45)40-27(17-24-11-8-7-9-12-24)35-41-28(20-51-35)33(47)38-22(3)32(46)42-31/h7-14,20-23,27,31H,15-19H2,1-6H3,(H,38,47)(H,39,48)(H,40,45)(H,42,46)/t22-,23+,27-,31-/m0/s1. The van der Waals surface area contributed by atoms with E-state index in [2.05, 4.69) is 26.3 Å². The molecule has 0 unspecified atom stereocenters. The van der Waals surface area contributed by atoms with Gasteiger partial charge in [-0.25, -0.2) is 9.37 Å². The lowest BCUT2D eigenvalue weighted by Crippen LogP contribution is -2.57. The van der Waals surface area contributed by atoms with E-state index in [1.54, 1.807) is 44.2 Å². The first-order valence-electron chi connectivity index (χ1n) is 16.8. The molecule has 51 heavy (non-hydrogen) atoms. The zero-order valence-electron chi connectivity index (χ0n) is 29.7. The molecule has 4 rings (SSSR count). The average Bonchev–Trinajstić information content (AvgIpc) is 3.60. The van der Waals surface area contributed by atoms with E-state index in [0.717, 1.165) is 5.56 Å².